The van der Waals surface area contributed by atoms with Gasteiger partial charge in [-0.2, -0.15) is 5.10 Å². The highest BCUT2D eigenvalue weighted by Crippen LogP contribution is 2.34. The largest absolute Gasteiger partial charge is 0.476 e. The lowest BCUT2D eigenvalue weighted by molar-refractivity contribution is -0.158. The van der Waals surface area contributed by atoms with E-state index in [9.17, 15) is 14.4 Å². The van der Waals surface area contributed by atoms with Crippen LogP contribution in [0.3, 0.4) is 0 Å². The van der Waals surface area contributed by atoms with E-state index in [4.69, 9.17) is 14.2 Å². The van der Waals surface area contributed by atoms with Crippen LogP contribution in [0.5, 0.6) is 11.5 Å². The van der Waals surface area contributed by atoms with Gasteiger partial charge in [0, 0.05) is 36.5 Å². The number of hydrogen-bond donors (Lipinski definition) is 0. The van der Waals surface area contributed by atoms with Crippen LogP contribution in [0.25, 0.3) is 0 Å². The van der Waals surface area contributed by atoms with Crippen LogP contribution in [0.15, 0.2) is 53.7 Å². The molecule has 3 aromatic rings. The zero-order valence-corrected chi connectivity index (χ0v) is 26.1. The molecule has 1 saturated heterocycles. The minimum atomic E-state index is -1.14. The molecule has 0 aliphatic carbocycles. The molecule has 224 valence electrons. The number of ketones is 1. The first-order valence-electron chi connectivity index (χ1n) is 14.0. The lowest BCUT2D eigenvalue weighted by Crippen LogP contribution is -2.40. The SMILES string of the molecule is CCOC(=O)C(C)(C)Oc1c(C)cc(C[C@H]2CN(C(=O)Oc3cnn(C)c3)C[C@@H]2C(=O)c2ccc(SC)cc2)cc1C. The maximum Gasteiger partial charge on any atom is 0.415 e. The molecule has 0 radical (unpaired) electrons. The van der Waals surface area contributed by atoms with Crippen LogP contribution in [-0.4, -0.2) is 64.1 Å². The molecule has 0 N–H and O–H groups in total. The fourth-order valence-electron chi connectivity index (χ4n) is 5.33. The number of hydrogen-bond acceptors (Lipinski definition) is 8. The summed E-state index contributed by atoms with van der Waals surface area (Å²) >= 11 is 1.62. The van der Waals surface area contributed by atoms with Crippen molar-refractivity contribution in [2.45, 2.75) is 51.5 Å². The van der Waals surface area contributed by atoms with Crippen molar-refractivity contribution in [2.24, 2.45) is 18.9 Å². The number of nitrogens with zero attached hydrogens (tertiary/aromatic N) is 3. The molecule has 0 saturated carbocycles. The second-order valence-corrected chi connectivity index (χ2v) is 12.1. The number of amides is 1. The number of carbonyl (C=O) groups excluding carboxylic acids is 3. The lowest BCUT2D eigenvalue weighted by Gasteiger charge is -2.27. The summed E-state index contributed by atoms with van der Waals surface area (Å²) in [6.45, 7) is 9.95. The molecule has 2 aromatic carbocycles. The fourth-order valence-corrected chi connectivity index (χ4v) is 5.74. The Morgan fingerprint density at radius 3 is 2.31 bits per heavy atom. The first kappa shape index (κ1) is 31.2. The summed E-state index contributed by atoms with van der Waals surface area (Å²) < 4.78 is 18.4. The van der Waals surface area contributed by atoms with Crippen LogP contribution in [0.2, 0.25) is 0 Å². The van der Waals surface area contributed by atoms with Crippen LogP contribution in [0.4, 0.5) is 4.79 Å². The second kappa shape index (κ2) is 13.0. The van der Waals surface area contributed by atoms with E-state index in [0.29, 0.717) is 30.0 Å². The first-order chi connectivity index (χ1) is 19.9. The summed E-state index contributed by atoms with van der Waals surface area (Å²) in [6, 6.07) is 11.6. The highest BCUT2D eigenvalue weighted by atomic mass is 32.2. The summed E-state index contributed by atoms with van der Waals surface area (Å²) in [6.07, 6.45) is 5.19. The van der Waals surface area contributed by atoms with Crippen LogP contribution in [0, 0.1) is 25.7 Å². The van der Waals surface area contributed by atoms with E-state index in [-0.39, 0.29) is 24.9 Å². The zero-order valence-electron chi connectivity index (χ0n) is 25.3. The number of rotatable bonds is 10. The first-order valence-corrected chi connectivity index (χ1v) is 15.2. The molecule has 1 fully saturated rings. The number of Topliss-reactive ketones (excluding diaryl/α,β-unsaturated/α-hetero) is 1. The standard InChI is InChI=1S/C32H39N3O6S/c1-8-39-30(37)32(4,5)41-29-20(2)13-22(14-21(29)3)15-24-17-35(31(38)40-25-16-33-34(6)18-25)19-27(24)28(36)23-9-11-26(42-7)12-10-23/h9-14,16,18,24,27H,8,15,17,19H2,1-7H3/t24-,27-/m0/s1. The maximum absolute atomic E-state index is 13.8. The van der Waals surface area contributed by atoms with Gasteiger partial charge in [0.1, 0.15) is 5.75 Å². The van der Waals surface area contributed by atoms with Crippen molar-refractivity contribution in [2.75, 3.05) is 26.0 Å². The Bertz CT molecular complexity index is 1430. The van der Waals surface area contributed by atoms with E-state index in [1.165, 1.54) is 6.20 Å². The van der Waals surface area contributed by atoms with Crippen molar-refractivity contribution in [3.63, 3.8) is 0 Å². The molecule has 0 spiro atoms. The molecule has 1 amide bonds. The van der Waals surface area contributed by atoms with Crippen molar-refractivity contribution in [3.8, 4) is 11.5 Å². The van der Waals surface area contributed by atoms with Crippen LogP contribution < -0.4 is 9.47 Å². The number of esters is 1. The highest BCUT2D eigenvalue weighted by Gasteiger charge is 2.41. The van der Waals surface area contributed by atoms with E-state index in [2.05, 4.69) is 5.10 Å². The summed E-state index contributed by atoms with van der Waals surface area (Å²) in [4.78, 5) is 42.0. The third-order valence-corrected chi connectivity index (χ3v) is 8.18. The minimum absolute atomic E-state index is 0.00825. The smallest absolute Gasteiger partial charge is 0.415 e. The van der Waals surface area contributed by atoms with Gasteiger partial charge in [-0.05, 0) is 82.0 Å². The number of carbonyl (C=O) groups is 3. The van der Waals surface area contributed by atoms with Gasteiger partial charge in [0.2, 0.25) is 0 Å². The average Bonchev–Trinajstić information content (AvgIpc) is 3.56. The molecule has 1 aliphatic rings. The highest BCUT2D eigenvalue weighted by molar-refractivity contribution is 7.98. The summed E-state index contributed by atoms with van der Waals surface area (Å²) in [7, 11) is 1.75. The van der Waals surface area contributed by atoms with Gasteiger partial charge in [-0.1, -0.05) is 24.3 Å². The third-order valence-electron chi connectivity index (χ3n) is 7.44. The second-order valence-electron chi connectivity index (χ2n) is 11.2. The number of likely N-dealkylation sites (tertiary alicyclic amines) is 1. The number of thioether (sulfide) groups is 1. The van der Waals surface area contributed by atoms with Gasteiger partial charge in [-0.25, -0.2) is 9.59 Å². The Labute approximate surface area is 251 Å². The van der Waals surface area contributed by atoms with E-state index in [1.54, 1.807) is 55.4 Å². The molecule has 10 heteroatoms. The van der Waals surface area contributed by atoms with Gasteiger partial charge < -0.3 is 19.1 Å². The monoisotopic (exact) mass is 593 g/mol. The zero-order chi connectivity index (χ0) is 30.6. The van der Waals surface area contributed by atoms with Crippen molar-refractivity contribution in [1.82, 2.24) is 14.7 Å². The van der Waals surface area contributed by atoms with Gasteiger partial charge in [0.25, 0.3) is 0 Å². The van der Waals surface area contributed by atoms with Gasteiger partial charge >= 0.3 is 12.1 Å². The van der Waals surface area contributed by atoms with Gasteiger partial charge in [-0.3, -0.25) is 9.48 Å². The van der Waals surface area contributed by atoms with Crippen LogP contribution >= 0.6 is 11.8 Å². The van der Waals surface area contributed by atoms with E-state index in [1.807, 2.05) is 56.5 Å². The molecule has 0 unspecified atom stereocenters. The predicted octanol–water partition coefficient (Wildman–Crippen LogP) is 5.65. The molecular formula is C32H39N3O6S. The molecular weight excluding hydrogens is 554 g/mol. The molecule has 4 rings (SSSR count). The number of benzene rings is 2. The summed E-state index contributed by atoms with van der Waals surface area (Å²) in [5.74, 6) is 0.0463. The lowest BCUT2D eigenvalue weighted by atomic mass is 9.84. The maximum atomic E-state index is 13.8. The molecule has 9 nitrogen and oxygen atoms in total. The Hall–Kier alpha value is -3.79. The molecule has 0 bridgehead atoms. The van der Waals surface area contributed by atoms with E-state index in [0.717, 1.165) is 21.6 Å². The number of aryl methyl sites for hydroxylation is 3. The Kier molecular flexibility index (Phi) is 9.66. The number of aromatic nitrogens is 2. The van der Waals surface area contributed by atoms with Gasteiger partial charge in [-0.15, -0.1) is 11.8 Å². The Morgan fingerprint density at radius 2 is 1.74 bits per heavy atom. The summed E-state index contributed by atoms with van der Waals surface area (Å²) in [5, 5.41) is 4.06. The van der Waals surface area contributed by atoms with Crippen molar-refractivity contribution in [1.29, 1.82) is 0 Å². The molecule has 1 aromatic heterocycles. The average molecular weight is 594 g/mol. The topological polar surface area (TPSA) is 100.0 Å². The third kappa shape index (κ3) is 7.15. The Balaban J connectivity index is 1.57. The fraction of sp³-hybridized carbons (Fsp3) is 0.438. The van der Waals surface area contributed by atoms with Crippen LogP contribution in [-0.2, 0) is 23.0 Å². The molecule has 1 aliphatic heterocycles. The van der Waals surface area contributed by atoms with Crippen molar-refractivity contribution >= 4 is 29.6 Å². The quantitative estimate of drug-likeness (QED) is 0.169. The molecule has 2 heterocycles. The summed E-state index contributed by atoms with van der Waals surface area (Å²) in [5.41, 5.74) is 2.26. The van der Waals surface area contributed by atoms with E-state index >= 15 is 0 Å². The van der Waals surface area contributed by atoms with Crippen molar-refractivity contribution < 1.29 is 28.6 Å². The molecule has 42 heavy (non-hydrogen) atoms. The number of ether oxygens (including phenoxy) is 3. The minimum Gasteiger partial charge on any atom is -0.476 e. The normalized spacial score (nSPS) is 16.8. The molecule has 2 atom stereocenters. The van der Waals surface area contributed by atoms with Gasteiger partial charge in [0.05, 0.1) is 19.0 Å². The van der Waals surface area contributed by atoms with Gasteiger partial charge in [0.15, 0.2) is 17.1 Å². The van der Waals surface area contributed by atoms with Crippen molar-refractivity contribution in [3.05, 3.63) is 71.0 Å². The van der Waals surface area contributed by atoms with Crippen LogP contribution in [0.1, 0.15) is 47.8 Å². The predicted molar refractivity (Wildman–Crippen MR) is 161 cm³/mol. The Morgan fingerprint density at radius 1 is 1.07 bits per heavy atom. The van der Waals surface area contributed by atoms with E-state index < -0.39 is 23.6 Å².